The van der Waals surface area contributed by atoms with Gasteiger partial charge in [0.1, 0.15) is 0 Å². The standard InChI is InChI=1S/C2H5O2.Zr/c3-1-2-4;/h1,3-4H,2H2;. The summed E-state index contributed by atoms with van der Waals surface area (Å²) in [7, 11) is 0. The molecule has 0 radical (unpaired) electrons. The molecule has 0 saturated carbocycles. The molecule has 0 aliphatic heterocycles. The fourth-order valence-electron chi connectivity index (χ4n) is 0. The first-order valence-corrected chi connectivity index (χ1v) is 2.69. The summed E-state index contributed by atoms with van der Waals surface area (Å²) in [6.45, 7) is -0.0989. The minimum atomic E-state index is -0.470. The average Bonchev–Trinajstić information content (AvgIpc) is 1.38. The molecule has 0 heterocycles. The summed E-state index contributed by atoms with van der Waals surface area (Å²) in [4.78, 5) is 0. The molecule has 2 nitrogen and oxygen atoms in total. The zero-order valence-electron chi connectivity index (χ0n) is 2.68. The van der Waals surface area contributed by atoms with E-state index in [9.17, 15) is 0 Å². The quantitative estimate of drug-likeness (QED) is 0.498. The molecule has 0 aromatic carbocycles. The summed E-state index contributed by atoms with van der Waals surface area (Å²) in [5.41, 5.74) is 0. The SMILES string of the molecule is OC[CH](O)[Zr]. The Kier molecular flexibility index (Phi) is 3.50. The Bertz CT molecular complexity index is 21.6. The second kappa shape index (κ2) is 3.01. The normalized spacial score (nSPS) is 14.6. The first kappa shape index (κ1) is 5.80. The molecule has 0 spiro atoms. The molecule has 1 unspecified atom stereocenters. The van der Waals surface area contributed by atoms with Crippen LogP contribution in [0.1, 0.15) is 0 Å². The number of aliphatic hydroxyl groups is 2. The Morgan fingerprint density at radius 1 is 1.80 bits per heavy atom. The third-order valence-electron chi connectivity index (χ3n) is 0.173. The van der Waals surface area contributed by atoms with Crippen molar-refractivity contribution in [2.75, 3.05) is 6.61 Å². The fraction of sp³-hybridized carbons (Fsp3) is 1.00. The summed E-state index contributed by atoms with van der Waals surface area (Å²) >= 11 is 0.975. The Morgan fingerprint density at radius 2 is 2.00 bits per heavy atom. The van der Waals surface area contributed by atoms with Crippen molar-refractivity contribution >= 4 is 0 Å². The third-order valence-corrected chi connectivity index (χ3v) is 0.622. The minimum absolute atomic E-state index is 0.0989. The Labute approximate surface area is 45.7 Å². The van der Waals surface area contributed by atoms with Crippen LogP contribution in [0, 0.1) is 0 Å². The van der Waals surface area contributed by atoms with E-state index in [1.807, 2.05) is 0 Å². The van der Waals surface area contributed by atoms with Gasteiger partial charge in [-0.25, -0.2) is 0 Å². The van der Waals surface area contributed by atoms with Gasteiger partial charge in [0.05, 0.1) is 0 Å². The topological polar surface area (TPSA) is 40.5 Å². The van der Waals surface area contributed by atoms with Gasteiger partial charge in [-0.2, -0.15) is 0 Å². The maximum atomic E-state index is 8.15. The molecule has 2 N–H and O–H groups in total. The van der Waals surface area contributed by atoms with Crippen LogP contribution in [0.15, 0.2) is 0 Å². The van der Waals surface area contributed by atoms with Gasteiger partial charge in [-0.05, 0) is 0 Å². The van der Waals surface area contributed by atoms with E-state index in [2.05, 4.69) is 0 Å². The predicted molar refractivity (Wildman–Crippen MR) is 13.1 cm³/mol. The first-order chi connectivity index (χ1) is 2.27. The molecular formula is C2H5O2Zr. The van der Waals surface area contributed by atoms with Gasteiger partial charge >= 0.3 is 45.4 Å². The van der Waals surface area contributed by atoms with Crippen LogP contribution in [-0.2, 0) is 24.7 Å². The van der Waals surface area contributed by atoms with Crippen LogP contribution >= 0.6 is 0 Å². The van der Waals surface area contributed by atoms with E-state index < -0.39 is 3.81 Å². The van der Waals surface area contributed by atoms with E-state index >= 15 is 0 Å². The van der Waals surface area contributed by atoms with Crippen LogP contribution in [0.2, 0.25) is 0 Å². The molecule has 0 aromatic rings. The molecule has 5 heavy (non-hydrogen) atoms. The summed E-state index contributed by atoms with van der Waals surface area (Å²) < 4.78 is -0.470. The van der Waals surface area contributed by atoms with Gasteiger partial charge in [0.25, 0.3) is 0 Å². The van der Waals surface area contributed by atoms with Gasteiger partial charge in [-0.3, -0.25) is 0 Å². The molecule has 0 aliphatic rings. The molecule has 0 rings (SSSR count). The van der Waals surface area contributed by atoms with E-state index in [1.165, 1.54) is 0 Å². The molecule has 0 aromatic heterocycles. The molecule has 0 bridgehead atoms. The monoisotopic (exact) mass is 151 g/mol. The van der Waals surface area contributed by atoms with E-state index in [4.69, 9.17) is 10.2 Å². The molecule has 0 fully saturated rings. The Balaban J connectivity index is 2.54. The van der Waals surface area contributed by atoms with Crippen molar-refractivity contribution in [1.82, 2.24) is 0 Å². The number of rotatable bonds is 1. The van der Waals surface area contributed by atoms with Crippen molar-refractivity contribution in [2.45, 2.75) is 3.81 Å². The van der Waals surface area contributed by atoms with Crippen LogP contribution in [0.5, 0.6) is 0 Å². The zero-order valence-corrected chi connectivity index (χ0v) is 5.14. The number of hydrogen-bond acceptors (Lipinski definition) is 2. The van der Waals surface area contributed by atoms with E-state index in [1.54, 1.807) is 0 Å². The summed E-state index contributed by atoms with van der Waals surface area (Å²) in [5, 5.41) is 16.1. The van der Waals surface area contributed by atoms with Crippen LogP contribution < -0.4 is 0 Å². The first-order valence-electron chi connectivity index (χ1n) is 1.27. The maximum absolute atomic E-state index is 8.15. The molecule has 1 atom stereocenters. The van der Waals surface area contributed by atoms with Crippen molar-refractivity contribution in [2.24, 2.45) is 0 Å². The average molecular weight is 152 g/mol. The Hall–Kier alpha value is 0.803. The zero-order chi connectivity index (χ0) is 4.28. The van der Waals surface area contributed by atoms with Crippen LogP contribution in [0.4, 0.5) is 0 Å². The van der Waals surface area contributed by atoms with Crippen molar-refractivity contribution in [3.05, 3.63) is 0 Å². The van der Waals surface area contributed by atoms with E-state index in [0.717, 1.165) is 24.7 Å². The van der Waals surface area contributed by atoms with Gasteiger partial charge in [0.2, 0.25) is 0 Å². The molecule has 3 heteroatoms. The van der Waals surface area contributed by atoms with Crippen LogP contribution in [0.25, 0.3) is 0 Å². The molecule has 0 amide bonds. The van der Waals surface area contributed by atoms with E-state index in [0.29, 0.717) is 0 Å². The molecule has 0 saturated heterocycles. The van der Waals surface area contributed by atoms with Crippen molar-refractivity contribution in [1.29, 1.82) is 0 Å². The molecule has 29 valence electrons. The van der Waals surface area contributed by atoms with Crippen molar-refractivity contribution < 1.29 is 34.9 Å². The Morgan fingerprint density at radius 3 is 2.00 bits per heavy atom. The predicted octanol–water partition coefficient (Wildman–Crippen LogP) is -1.16. The third kappa shape index (κ3) is 4.80. The van der Waals surface area contributed by atoms with Gasteiger partial charge in [0, 0.05) is 0 Å². The van der Waals surface area contributed by atoms with Crippen LogP contribution in [0.3, 0.4) is 0 Å². The van der Waals surface area contributed by atoms with Gasteiger partial charge in [0.15, 0.2) is 0 Å². The van der Waals surface area contributed by atoms with Crippen molar-refractivity contribution in [3.63, 3.8) is 0 Å². The van der Waals surface area contributed by atoms with Gasteiger partial charge < -0.3 is 0 Å². The van der Waals surface area contributed by atoms with E-state index in [-0.39, 0.29) is 6.61 Å². The molecular weight excluding hydrogens is 147 g/mol. The summed E-state index contributed by atoms with van der Waals surface area (Å²) in [6.07, 6.45) is 0. The molecule has 0 aliphatic carbocycles. The van der Waals surface area contributed by atoms with Crippen LogP contribution in [-0.4, -0.2) is 20.6 Å². The summed E-state index contributed by atoms with van der Waals surface area (Å²) in [6, 6.07) is 0. The van der Waals surface area contributed by atoms with Gasteiger partial charge in [-0.15, -0.1) is 0 Å². The number of aliphatic hydroxyl groups excluding tert-OH is 2. The summed E-state index contributed by atoms with van der Waals surface area (Å²) in [5.74, 6) is 0. The number of hydrogen-bond donors (Lipinski definition) is 2. The van der Waals surface area contributed by atoms with Crippen molar-refractivity contribution in [3.8, 4) is 0 Å². The second-order valence-electron chi connectivity index (χ2n) is 0.698. The fourth-order valence-corrected chi connectivity index (χ4v) is 0. The van der Waals surface area contributed by atoms with Gasteiger partial charge in [-0.1, -0.05) is 0 Å². The second-order valence-corrected chi connectivity index (χ2v) is 2.34.